The number of likely N-dealkylation sites (N-methyl/N-ethyl adjacent to an activating group) is 1. The number of amides is 1. The van der Waals surface area contributed by atoms with E-state index in [-0.39, 0.29) is 5.91 Å². The van der Waals surface area contributed by atoms with E-state index in [2.05, 4.69) is 24.1 Å². The van der Waals surface area contributed by atoms with Crippen molar-refractivity contribution in [2.75, 3.05) is 25.0 Å². The number of unbranched alkanes of at least 4 members (excludes halogenated alkanes) is 1. The normalized spacial score (nSPS) is 10.8. The highest BCUT2D eigenvalue weighted by molar-refractivity contribution is 5.93. The summed E-state index contributed by atoms with van der Waals surface area (Å²) < 4.78 is 0. The van der Waals surface area contributed by atoms with Gasteiger partial charge in [0.1, 0.15) is 0 Å². The fourth-order valence-corrected chi connectivity index (χ4v) is 2.12. The molecule has 0 fully saturated rings. The number of para-hydroxylation sites is 1. The van der Waals surface area contributed by atoms with Crippen LogP contribution in [0.4, 0.5) is 5.69 Å². The SMILES string of the molecule is CCCCN(CC)CC(=O)Nc1c(C)cccc1C. The molecule has 19 heavy (non-hydrogen) atoms. The predicted molar refractivity (Wildman–Crippen MR) is 81.6 cm³/mol. The molecular weight excluding hydrogens is 236 g/mol. The van der Waals surface area contributed by atoms with Crippen LogP contribution in [0.2, 0.25) is 0 Å². The zero-order valence-electron chi connectivity index (χ0n) is 12.6. The molecular formula is C16H26N2O. The van der Waals surface area contributed by atoms with E-state index in [0.29, 0.717) is 6.54 Å². The molecule has 1 rings (SSSR count). The second-order valence-electron chi connectivity index (χ2n) is 5.04. The van der Waals surface area contributed by atoms with Crippen molar-refractivity contribution in [1.82, 2.24) is 4.90 Å². The lowest BCUT2D eigenvalue weighted by atomic mass is 10.1. The molecule has 0 spiro atoms. The molecule has 3 heteroatoms. The van der Waals surface area contributed by atoms with Gasteiger partial charge in [-0.05, 0) is 44.5 Å². The Kier molecular flexibility index (Phi) is 6.57. The van der Waals surface area contributed by atoms with E-state index < -0.39 is 0 Å². The number of hydrogen-bond acceptors (Lipinski definition) is 2. The summed E-state index contributed by atoms with van der Waals surface area (Å²) in [6.45, 7) is 10.7. The zero-order chi connectivity index (χ0) is 14.3. The lowest BCUT2D eigenvalue weighted by molar-refractivity contribution is -0.117. The van der Waals surface area contributed by atoms with Crippen LogP contribution in [0.1, 0.15) is 37.8 Å². The van der Waals surface area contributed by atoms with Crippen LogP contribution >= 0.6 is 0 Å². The van der Waals surface area contributed by atoms with Crippen molar-refractivity contribution >= 4 is 11.6 Å². The van der Waals surface area contributed by atoms with Gasteiger partial charge < -0.3 is 5.32 Å². The van der Waals surface area contributed by atoms with Crippen LogP contribution in [0.25, 0.3) is 0 Å². The second kappa shape index (κ2) is 7.95. The van der Waals surface area contributed by atoms with Crippen molar-refractivity contribution < 1.29 is 4.79 Å². The van der Waals surface area contributed by atoms with Crippen LogP contribution in [0.15, 0.2) is 18.2 Å². The molecule has 1 aromatic carbocycles. The molecule has 0 atom stereocenters. The molecule has 0 aliphatic rings. The molecule has 1 amide bonds. The standard InChI is InChI=1S/C16H26N2O/c1-5-7-11-18(6-2)12-15(19)17-16-13(3)9-8-10-14(16)4/h8-10H,5-7,11-12H2,1-4H3,(H,17,19). The third kappa shape index (κ3) is 5.03. The summed E-state index contributed by atoms with van der Waals surface area (Å²) >= 11 is 0. The molecule has 0 aliphatic carbocycles. The number of anilines is 1. The minimum atomic E-state index is 0.0790. The van der Waals surface area contributed by atoms with Crippen LogP contribution in [0.5, 0.6) is 0 Å². The lowest BCUT2D eigenvalue weighted by Crippen LogP contribution is -2.34. The molecule has 0 saturated carbocycles. The van der Waals surface area contributed by atoms with Crippen LogP contribution in [-0.4, -0.2) is 30.4 Å². The molecule has 1 aromatic rings. The van der Waals surface area contributed by atoms with Crippen LogP contribution in [-0.2, 0) is 4.79 Å². The van der Waals surface area contributed by atoms with Gasteiger partial charge in [0.2, 0.25) is 5.91 Å². The third-order valence-electron chi connectivity index (χ3n) is 3.39. The number of hydrogen-bond donors (Lipinski definition) is 1. The first-order valence-electron chi connectivity index (χ1n) is 7.16. The first-order chi connectivity index (χ1) is 9.08. The Morgan fingerprint density at radius 2 is 1.84 bits per heavy atom. The molecule has 1 N–H and O–H groups in total. The monoisotopic (exact) mass is 262 g/mol. The van der Waals surface area contributed by atoms with E-state index in [1.165, 1.54) is 0 Å². The number of carbonyl (C=O) groups excluding carboxylic acids is 1. The summed E-state index contributed by atoms with van der Waals surface area (Å²) in [4.78, 5) is 14.3. The maximum atomic E-state index is 12.1. The smallest absolute Gasteiger partial charge is 0.238 e. The summed E-state index contributed by atoms with van der Waals surface area (Å²) in [6.07, 6.45) is 2.31. The summed E-state index contributed by atoms with van der Waals surface area (Å²) in [5.41, 5.74) is 3.19. The molecule has 0 radical (unpaired) electrons. The topological polar surface area (TPSA) is 32.3 Å². The summed E-state index contributed by atoms with van der Waals surface area (Å²) in [5, 5.41) is 3.04. The quantitative estimate of drug-likeness (QED) is 0.817. The van der Waals surface area contributed by atoms with Crippen LogP contribution in [0.3, 0.4) is 0 Å². The van der Waals surface area contributed by atoms with Crippen LogP contribution < -0.4 is 5.32 Å². The highest BCUT2D eigenvalue weighted by Crippen LogP contribution is 2.19. The van der Waals surface area contributed by atoms with Crippen molar-refractivity contribution in [2.45, 2.75) is 40.5 Å². The molecule has 0 aliphatic heterocycles. The molecule has 0 unspecified atom stereocenters. The number of carbonyl (C=O) groups is 1. The Bertz CT molecular complexity index is 395. The van der Waals surface area contributed by atoms with Gasteiger partial charge in [0, 0.05) is 5.69 Å². The summed E-state index contributed by atoms with van der Waals surface area (Å²) in [6, 6.07) is 6.06. The Morgan fingerprint density at radius 1 is 1.21 bits per heavy atom. The Hall–Kier alpha value is -1.35. The average molecular weight is 262 g/mol. The van der Waals surface area contributed by atoms with Gasteiger partial charge >= 0.3 is 0 Å². The molecule has 106 valence electrons. The summed E-state index contributed by atoms with van der Waals surface area (Å²) in [7, 11) is 0. The molecule has 0 aromatic heterocycles. The van der Waals surface area contributed by atoms with Crippen molar-refractivity contribution in [3.05, 3.63) is 29.3 Å². The predicted octanol–water partition coefficient (Wildman–Crippen LogP) is 3.36. The van der Waals surface area contributed by atoms with E-state index in [1.54, 1.807) is 0 Å². The van der Waals surface area contributed by atoms with Gasteiger partial charge in [-0.15, -0.1) is 0 Å². The van der Waals surface area contributed by atoms with Crippen molar-refractivity contribution in [2.24, 2.45) is 0 Å². The largest absolute Gasteiger partial charge is 0.324 e. The highest BCUT2D eigenvalue weighted by Gasteiger charge is 2.11. The second-order valence-corrected chi connectivity index (χ2v) is 5.04. The summed E-state index contributed by atoms with van der Waals surface area (Å²) in [5.74, 6) is 0.0790. The Labute approximate surface area is 117 Å². The minimum Gasteiger partial charge on any atom is -0.324 e. The van der Waals surface area contributed by atoms with E-state index in [1.807, 2.05) is 32.0 Å². The van der Waals surface area contributed by atoms with E-state index in [0.717, 1.165) is 42.7 Å². The van der Waals surface area contributed by atoms with Gasteiger partial charge in [-0.1, -0.05) is 38.5 Å². The maximum absolute atomic E-state index is 12.1. The first-order valence-corrected chi connectivity index (χ1v) is 7.16. The molecule has 0 saturated heterocycles. The maximum Gasteiger partial charge on any atom is 0.238 e. The molecule has 0 heterocycles. The van der Waals surface area contributed by atoms with Gasteiger partial charge in [-0.3, -0.25) is 9.69 Å². The van der Waals surface area contributed by atoms with Gasteiger partial charge in [-0.25, -0.2) is 0 Å². The van der Waals surface area contributed by atoms with E-state index in [9.17, 15) is 4.79 Å². The fourth-order valence-electron chi connectivity index (χ4n) is 2.12. The Balaban J connectivity index is 2.59. The average Bonchev–Trinajstić information content (AvgIpc) is 2.39. The van der Waals surface area contributed by atoms with Crippen LogP contribution in [0, 0.1) is 13.8 Å². The number of benzene rings is 1. The highest BCUT2D eigenvalue weighted by atomic mass is 16.2. The fraction of sp³-hybridized carbons (Fsp3) is 0.562. The third-order valence-corrected chi connectivity index (χ3v) is 3.39. The number of nitrogens with one attached hydrogen (secondary N) is 1. The lowest BCUT2D eigenvalue weighted by Gasteiger charge is -2.20. The van der Waals surface area contributed by atoms with Crippen molar-refractivity contribution in [1.29, 1.82) is 0 Å². The first kappa shape index (κ1) is 15.7. The van der Waals surface area contributed by atoms with Gasteiger partial charge in [0.15, 0.2) is 0 Å². The number of rotatable bonds is 7. The molecule has 3 nitrogen and oxygen atoms in total. The Morgan fingerprint density at radius 3 is 2.37 bits per heavy atom. The van der Waals surface area contributed by atoms with Gasteiger partial charge in [-0.2, -0.15) is 0 Å². The van der Waals surface area contributed by atoms with Crippen molar-refractivity contribution in [3.63, 3.8) is 0 Å². The van der Waals surface area contributed by atoms with Gasteiger partial charge in [0.25, 0.3) is 0 Å². The van der Waals surface area contributed by atoms with Gasteiger partial charge in [0.05, 0.1) is 6.54 Å². The van der Waals surface area contributed by atoms with E-state index >= 15 is 0 Å². The van der Waals surface area contributed by atoms with E-state index in [4.69, 9.17) is 0 Å². The zero-order valence-corrected chi connectivity index (χ0v) is 12.6. The number of nitrogens with zero attached hydrogens (tertiary/aromatic N) is 1. The molecule has 0 bridgehead atoms. The van der Waals surface area contributed by atoms with Crippen molar-refractivity contribution in [3.8, 4) is 0 Å². The number of aryl methyl sites for hydroxylation is 2. The minimum absolute atomic E-state index is 0.0790.